The summed E-state index contributed by atoms with van der Waals surface area (Å²) in [4.78, 5) is 44.9. The lowest BCUT2D eigenvalue weighted by atomic mass is 9.68. The molecule has 4 aliphatic heterocycles. The molecule has 4 heterocycles. The van der Waals surface area contributed by atoms with Crippen LogP contribution in [0, 0.1) is 11.8 Å². The lowest BCUT2D eigenvalue weighted by Gasteiger charge is -2.54. The highest BCUT2D eigenvalue weighted by molar-refractivity contribution is 6.22. The molecule has 4 saturated heterocycles. The minimum absolute atomic E-state index is 0.0154. The molecule has 1 aromatic carbocycles. The number of nitrogens with zero attached hydrogens (tertiary/aromatic N) is 3. The molecule has 7 nitrogen and oxygen atoms in total. The zero-order valence-electron chi connectivity index (χ0n) is 19.0. The highest BCUT2D eigenvalue weighted by Crippen LogP contribution is 2.45. The molecule has 5 atom stereocenters. The van der Waals surface area contributed by atoms with Gasteiger partial charge in [0.1, 0.15) is 6.04 Å². The monoisotopic (exact) mass is 448 g/mol. The summed E-state index contributed by atoms with van der Waals surface area (Å²) in [5.41, 5.74) is 1.98. The van der Waals surface area contributed by atoms with Crippen molar-refractivity contribution in [3.8, 4) is 0 Å². The van der Waals surface area contributed by atoms with Crippen molar-refractivity contribution in [3.63, 3.8) is 0 Å². The predicted molar refractivity (Wildman–Crippen MR) is 124 cm³/mol. The summed E-state index contributed by atoms with van der Waals surface area (Å²) in [7, 11) is 0. The highest BCUT2D eigenvalue weighted by atomic mass is 16.2. The van der Waals surface area contributed by atoms with E-state index in [-0.39, 0.29) is 24.3 Å². The molecule has 0 radical (unpaired) electrons. The Balaban J connectivity index is 1.19. The fourth-order valence-corrected chi connectivity index (χ4v) is 7.04. The van der Waals surface area contributed by atoms with Crippen LogP contribution >= 0.6 is 0 Å². The summed E-state index contributed by atoms with van der Waals surface area (Å²) in [5.74, 6) is 0.743. The van der Waals surface area contributed by atoms with Crippen molar-refractivity contribution < 1.29 is 14.4 Å². The van der Waals surface area contributed by atoms with Gasteiger partial charge in [-0.15, -0.1) is 0 Å². The van der Waals surface area contributed by atoms with E-state index in [4.69, 9.17) is 0 Å². The van der Waals surface area contributed by atoms with E-state index < -0.39 is 12.1 Å². The zero-order chi connectivity index (χ0) is 22.5. The number of hydrogen-bond acceptors (Lipinski definition) is 4. The highest BCUT2D eigenvalue weighted by Gasteiger charge is 2.48. The molecule has 6 rings (SSSR count). The second kappa shape index (κ2) is 8.28. The Morgan fingerprint density at radius 1 is 1.06 bits per heavy atom. The third-order valence-corrected chi connectivity index (χ3v) is 8.39. The number of rotatable bonds is 3. The van der Waals surface area contributed by atoms with Crippen LogP contribution in [-0.4, -0.2) is 65.4 Å². The van der Waals surface area contributed by atoms with Crippen molar-refractivity contribution in [2.24, 2.45) is 11.8 Å². The Bertz CT molecular complexity index is 993. The Morgan fingerprint density at radius 2 is 1.91 bits per heavy atom. The maximum atomic E-state index is 13.5. The van der Waals surface area contributed by atoms with E-state index in [9.17, 15) is 14.4 Å². The van der Waals surface area contributed by atoms with Crippen molar-refractivity contribution >= 4 is 23.5 Å². The number of carbonyl (C=O) groups is 3. The van der Waals surface area contributed by atoms with Crippen LogP contribution in [0.1, 0.15) is 44.9 Å². The van der Waals surface area contributed by atoms with Gasteiger partial charge in [0.25, 0.3) is 5.91 Å². The van der Waals surface area contributed by atoms with Crippen LogP contribution in [0.2, 0.25) is 0 Å². The Morgan fingerprint density at radius 3 is 2.76 bits per heavy atom. The molecule has 0 spiro atoms. The molecule has 1 N–H and O–H groups in total. The average Bonchev–Trinajstić information content (AvgIpc) is 3.11. The van der Waals surface area contributed by atoms with Crippen molar-refractivity contribution in [3.05, 3.63) is 42.0 Å². The second-order valence-corrected chi connectivity index (χ2v) is 10.3. The lowest BCUT2D eigenvalue weighted by molar-refractivity contribution is -0.138. The number of para-hydroxylation sites is 1. The average molecular weight is 449 g/mol. The summed E-state index contributed by atoms with van der Waals surface area (Å²) >= 11 is 0. The van der Waals surface area contributed by atoms with E-state index >= 15 is 0 Å². The summed E-state index contributed by atoms with van der Waals surface area (Å²) in [5, 5.41) is 2.74. The van der Waals surface area contributed by atoms with E-state index in [2.05, 4.69) is 16.3 Å². The zero-order valence-corrected chi connectivity index (χ0v) is 19.0. The molecular weight excluding hydrogens is 416 g/mol. The summed E-state index contributed by atoms with van der Waals surface area (Å²) in [6, 6.07) is 8.49. The van der Waals surface area contributed by atoms with Crippen LogP contribution in [0.4, 0.5) is 10.5 Å². The van der Waals surface area contributed by atoms with E-state index in [1.54, 1.807) is 24.3 Å². The Hall–Kier alpha value is -2.67. The molecule has 2 unspecified atom stereocenters. The van der Waals surface area contributed by atoms with Gasteiger partial charge in [0.2, 0.25) is 5.91 Å². The van der Waals surface area contributed by atoms with E-state index in [0.717, 1.165) is 30.8 Å². The first-order chi connectivity index (χ1) is 16.1. The quantitative estimate of drug-likeness (QED) is 0.570. The van der Waals surface area contributed by atoms with Crippen LogP contribution < -0.4 is 10.2 Å². The number of piperidine rings is 3. The van der Waals surface area contributed by atoms with Crippen LogP contribution in [0.25, 0.3) is 0 Å². The Kier molecular flexibility index (Phi) is 5.24. The molecule has 33 heavy (non-hydrogen) atoms. The number of urea groups is 1. The largest absolute Gasteiger partial charge is 0.336 e. The maximum absolute atomic E-state index is 13.5. The molecule has 1 aromatic rings. The molecule has 4 amide bonds. The number of amides is 4. The lowest BCUT2D eigenvalue weighted by Crippen LogP contribution is -2.60. The van der Waals surface area contributed by atoms with Gasteiger partial charge in [-0.05, 0) is 62.6 Å². The second-order valence-electron chi connectivity index (χ2n) is 10.3. The van der Waals surface area contributed by atoms with Gasteiger partial charge in [-0.25, -0.2) is 9.69 Å². The predicted octanol–water partition coefficient (Wildman–Crippen LogP) is 2.92. The number of benzene rings is 1. The SMILES string of the molecule is O=C1N[C@@H](CC(=O)N2CCCC3=CC4CC(CN5CCCC[C@H]45)[C@@H]32)C(=O)N1c1ccccc1. The molecule has 174 valence electrons. The number of nitrogens with one attached hydrogen (secondary N) is 1. The smallest absolute Gasteiger partial charge is 0.329 e. The Labute approximate surface area is 194 Å². The molecule has 0 aromatic heterocycles. The van der Waals surface area contributed by atoms with Gasteiger partial charge < -0.3 is 10.2 Å². The van der Waals surface area contributed by atoms with Crippen molar-refractivity contribution in [1.29, 1.82) is 0 Å². The third-order valence-electron chi connectivity index (χ3n) is 8.39. The normalized spacial score (nSPS) is 33.8. The number of imide groups is 1. The van der Waals surface area contributed by atoms with Crippen molar-refractivity contribution in [2.75, 3.05) is 24.5 Å². The summed E-state index contributed by atoms with van der Waals surface area (Å²) < 4.78 is 0. The third kappa shape index (κ3) is 3.57. The van der Waals surface area contributed by atoms with Crippen molar-refractivity contribution in [1.82, 2.24) is 15.1 Å². The van der Waals surface area contributed by atoms with Gasteiger partial charge in [-0.1, -0.05) is 36.3 Å². The topological polar surface area (TPSA) is 73.0 Å². The number of hydrogen-bond donors (Lipinski definition) is 1. The first-order valence-corrected chi connectivity index (χ1v) is 12.5. The number of carbonyl (C=O) groups excluding carboxylic acids is 3. The molecule has 0 saturated carbocycles. The molecule has 4 fully saturated rings. The fourth-order valence-electron chi connectivity index (χ4n) is 7.04. The minimum atomic E-state index is -0.797. The molecule has 1 aliphatic carbocycles. The van der Waals surface area contributed by atoms with Gasteiger partial charge in [-0.2, -0.15) is 0 Å². The standard InChI is InChI=1S/C26H32N4O3/c31-23(15-21-25(32)30(26(33)27-21)20-8-2-1-3-9-20)29-12-6-7-17-13-18-14-19(24(17)29)16-28-11-5-4-10-22(18)28/h1-3,8-9,13,18-19,21-22,24H,4-7,10-12,14-16H2,(H,27,33)/t18?,19?,21-,22+,24+/m0/s1. The molecule has 7 heteroatoms. The summed E-state index contributed by atoms with van der Waals surface area (Å²) in [6.45, 7) is 3.00. The summed E-state index contributed by atoms with van der Waals surface area (Å²) in [6.07, 6.45) is 9.67. The van der Waals surface area contributed by atoms with Gasteiger partial charge in [-0.3, -0.25) is 14.5 Å². The minimum Gasteiger partial charge on any atom is -0.336 e. The van der Waals surface area contributed by atoms with Crippen LogP contribution in [0.5, 0.6) is 0 Å². The van der Waals surface area contributed by atoms with Crippen molar-refractivity contribution in [2.45, 2.75) is 63.1 Å². The number of likely N-dealkylation sites (tertiary alicyclic amines) is 1. The van der Waals surface area contributed by atoms with E-state index in [0.29, 0.717) is 23.6 Å². The van der Waals surface area contributed by atoms with Gasteiger partial charge >= 0.3 is 6.03 Å². The molecular formula is C26H32N4O3. The first-order valence-electron chi connectivity index (χ1n) is 12.5. The maximum Gasteiger partial charge on any atom is 0.329 e. The van der Waals surface area contributed by atoms with Gasteiger partial charge in [0.15, 0.2) is 0 Å². The van der Waals surface area contributed by atoms with E-state index in [1.807, 2.05) is 11.0 Å². The molecule has 2 bridgehead atoms. The fraction of sp³-hybridized carbons (Fsp3) is 0.577. The van der Waals surface area contributed by atoms with Crippen LogP contribution in [-0.2, 0) is 9.59 Å². The van der Waals surface area contributed by atoms with Crippen LogP contribution in [0.15, 0.2) is 42.0 Å². The van der Waals surface area contributed by atoms with E-state index in [1.165, 1.54) is 37.8 Å². The van der Waals surface area contributed by atoms with Crippen LogP contribution in [0.3, 0.4) is 0 Å². The number of anilines is 1. The molecule has 5 aliphatic rings. The van der Waals surface area contributed by atoms with Gasteiger partial charge in [0.05, 0.1) is 18.2 Å². The van der Waals surface area contributed by atoms with Gasteiger partial charge in [0, 0.05) is 19.1 Å². The first kappa shape index (κ1) is 20.9. The number of fused-ring (bicyclic) bond motifs is 6.